The average molecular weight is 352 g/mol. The second-order valence-corrected chi connectivity index (χ2v) is 5.97. The van der Waals surface area contributed by atoms with E-state index in [1.165, 1.54) is 6.07 Å². The number of benzene rings is 2. The summed E-state index contributed by atoms with van der Waals surface area (Å²) in [5.41, 5.74) is 2.77. The van der Waals surface area contributed by atoms with Crippen molar-refractivity contribution < 1.29 is 8.78 Å². The Labute approximate surface area is 146 Å². The second kappa shape index (κ2) is 7.62. The summed E-state index contributed by atoms with van der Waals surface area (Å²) in [5.74, 6) is -1.78. The maximum Gasteiger partial charge on any atom is 0.160 e. The predicted molar refractivity (Wildman–Crippen MR) is 97.1 cm³/mol. The van der Waals surface area contributed by atoms with E-state index >= 15 is 0 Å². The van der Waals surface area contributed by atoms with Crippen LogP contribution < -0.4 is 4.90 Å². The molecule has 0 aromatic heterocycles. The quantitative estimate of drug-likeness (QED) is 0.537. The molecule has 0 aliphatic carbocycles. The van der Waals surface area contributed by atoms with E-state index in [0.29, 0.717) is 22.1 Å². The molecule has 2 aromatic rings. The maximum atomic E-state index is 13.5. The molecule has 0 heterocycles. The van der Waals surface area contributed by atoms with Gasteiger partial charge in [0.15, 0.2) is 11.6 Å². The maximum absolute atomic E-state index is 13.5. The molecule has 0 atom stereocenters. The van der Waals surface area contributed by atoms with Crippen LogP contribution in [0.15, 0.2) is 35.3 Å². The van der Waals surface area contributed by atoms with E-state index < -0.39 is 11.6 Å². The van der Waals surface area contributed by atoms with Gasteiger partial charge in [-0.15, -0.1) is 0 Å². The van der Waals surface area contributed by atoms with Gasteiger partial charge in [0.1, 0.15) is 0 Å². The number of rotatable bonds is 5. The zero-order valence-electron chi connectivity index (χ0n) is 14.1. The van der Waals surface area contributed by atoms with Gasteiger partial charge in [0.2, 0.25) is 0 Å². The van der Waals surface area contributed by atoms with Gasteiger partial charge in [0.25, 0.3) is 0 Å². The first kappa shape index (κ1) is 18.2. The van der Waals surface area contributed by atoms with E-state index in [-0.39, 0.29) is 0 Å². The van der Waals surface area contributed by atoms with E-state index in [1.54, 1.807) is 18.3 Å². The van der Waals surface area contributed by atoms with E-state index in [9.17, 15) is 8.78 Å². The molecule has 24 heavy (non-hydrogen) atoms. The van der Waals surface area contributed by atoms with Gasteiger partial charge in [-0.1, -0.05) is 11.6 Å². The minimum Gasteiger partial charge on any atom is -0.366 e. The minimum absolute atomic E-state index is 0.452. The van der Waals surface area contributed by atoms with Gasteiger partial charge in [0, 0.05) is 32.4 Å². The smallest absolute Gasteiger partial charge is 0.160 e. The van der Waals surface area contributed by atoms with E-state index in [2.05, 4.69) is 4.99 Å². The van der Waals surface area contributed by atoms with Crippen molar-refractivity contribution in [2.45, 2.75) is 13.8 Å². The first-order valence-electron chi connectivity index (χ1n) is 7.56. The fourth-order valence-electron chi connectivity index (χ4n) is 2.14. The fraction of sp³-hybridized carbons (Fsp3) is 0.278. The van der Waals surface area contributed by atoms with Crippen molar-refractivity contribution in [2.24, 2.45) is 4.99 Å². The second-order valence-electron chi connectivity index (χ2n) is 5.59. The average Bonchev–Trinajstić information content (AvgIpc) is 2.56. The van der Waals surface area contributed by atoms with Crippen LogP contribution in [0.25, 0.3) is 0 Å². The summed E-state index contributed by atoms with van der Waals surface area (Å²) in [5, 5.41) is 0.452. The van der Waals surface area contributed by atoms with Gasteiger partial charge < -0.3 is 9.80 Å². The topological polar surface area (TPSA) is 18.8 Å². The van der Waals surface area contributed by atoms with Crippen molar-refractivity contribution in [2.75, 3.05) is 25.5 Å². The van der Waals surface area contributed by atoms with E-state index in [4.69, 9.17) is 11.6 Å². The van der Waals surface area contributed by atoms with Crippen LogP contribution in [0.4, 0.5) is 25.8 Å². The molecule has 0 fully saturated rings. The molecule has 0 aliphatic heterocycles. The molecule has 3 nitrogen and oxygen atoms in total. The Balaban J connectivity index is 2.44. The summed E-state index contributed by atoms with van der Waals surface area (Å²) in [7, 11) is 3.67. The van der Waals surface area contributed by atoms with Crippen LogP contribution in [0.3, 0.4) is 0 Å². The normalized spacial score (nSPS) is 11.1. The first-order chi connectivity index (χ1) is 11.3. The number of halogens is 3. The highest BCUT2D eigenvalue weighted by Gasteiger charge is 2.14. The van der Waals surface area contributed by atoms with Crippen molar-refractivity contribution in [3.63, 3.8) is 0 Å². The van der Waals surface area contributed by atoms with Gasteiger partial charge in [0.05, 0.1) is 22.7 Å². The molecule has 0 unspecified atom stereocenters. The Morgan fingerprint density at radius 3 is 2.46 bits per heavy atom. The molecular weight excluding hydrogens is 332 g/mol. The van der Waals surface area contributed by atoms with Gasteiger partial charge >= 0.3 is 0 Å². The Bertz CT molecular complexity index is 762. The molecule has 2 aromatic carbocycles. The van der Waals surface area contributed by atoms with Crippen LogP contribution >= 0.6 is 11.6 Å². The first-order valence-corrected chi connectivity index (χ1v) is 7.94. The summed E-state index contributed by atoms with van der Waals surface area (Å²) in [6.07, 6.45) is 1.71. The molecule has 128 valence electrons. The number of anilines is 2. The lowest BCUT2D eigenvalue weighted by Gasteiger charge is -2.22. The number of nitrogens with zero attached hydrogens (tertiary/aromatic N) is 3. The highest BCUT2D eigenvalue weighted by molar-refractivity contribution is 6.36. The van der Waals surface area contributed by atoms with E-state index in [0.717, 1.165) is 24.2 Å². The highest BCUT2D eigenvalue weighted by Crippen LogP contribution is 2.38. The summed E-state index contributed by atoms with van der Waals surface area (Å²) in [6.45, 7) is 4.78. The van der Waals surface area contributed by atoms with Crippen molar-refractivity contribution in [1.82, 2.24) is 4.90 Å². The summed E-state index contributed by atoms with van der Waals surface area (Å²) >= 11 is 6.48. The molecule has 0 N–H and O–H groups in total. The SMILES string of the molecule is CCN(C)C=Nc1cc(C)cc(N(C)c2ccc(F)c(F)c2)c1Cl. The molecule has 0 aliphatic rings. The van der Waals surface area contributed by atoms with Crippen LogP contribution in [0.2, 0.25) is 5.02 Å². The molecule has 2 rings (SSSR count). The molecule has 6 heteroatoms. The number of hydrogen-bond donors (Lipinski definition) is 0. The monoisotopic (exact) mass is 351 g/mol. The minimum atomic E-state index is -0.897. The van der Waals surface area contributed by atoms with E-state index in [1.807, 2.05) is 37.9 Å². The third-order valence-corrected chi connectivity index (χ3v) is 4.11. The molecular formula is C18H20ClF2N3. The molecule has 0 bridgehead atoms. The third kappa shape index (κ3) is 4.03. The van der Waals surface area contributed by atoms with Gasteiger partial charge in [-0.25, -0.2) is 13.8 Å². The van der Waals surface area contributed by atoms with Crippen molar-refractivity contribution in [3.8, 4) is 0 Å². The Kier molecular flexibility index (Phi) is 5.78. The zero-order valence-corrected chi connectivity index (χ0v) is 14.9. The molecule has 0 saturated heterocycles. The Hall–Kier alpha value is -2.14. The standard InChI is InChI=1S/C18H20ClF2N3/c1-5-23(3)11-22-16-8-12(2)9-17(18(16)19)24(4)13-6-7-14(20)15(21)10-13/h6-11H,5H2,1-4H3. The molecule has 0 radical (unpaired) electrons. The van der Waals surface area contributed by atoms with Crippen LogP contribution in [0.5, 0.6) is 0 Å². The van der Waals surface area contributed by atoms with Crippen LogP contribution in [-0.2, 0) is 0 Å². The molecule has 0 amide bonds. The van der Waals surface area contributed by atoms with Crippen LogP contribution in [0, 0.1) is 18.6 Å². The summed E-state index contributed by atoms with van der Waals surface area (Å²) < 4.78 is 26.6. The van der Waals surface area contributed by atoms with Crippen molar-refractivity contribution in [1.29, 1.82) is 0 Å². The van der Waals surface area contributed by atoms with Crippen molar-refractivity contribution in [3.05, 3.63) is 52.6 Å². The lowest BCUT2D eigenvalue weighted by atomic mass is 10.1. The Morgan fingerprint density at radius 2 is 1.83 bits per heavy atom. The number of aryl methyl sites for hydroxylation is 1. The van der Waals surface area contributed by atoms with Gasteiger partial charge in [-0.3, -0.25) is 0 Å². The van der Waals surface area contributed by atoms with Gasteiger partial charge in [-0.2, -0.15) is 0 Å². The lowest BCUT2D eigenvalue weighted by molar-refractivity contribution is 0.509. The fourth-order valence-corrected chi connectivity index (χ4v) is 2.43. The largest absolute Gasteiger partial charge is 0.366 e. The predicted octanol–water partition coefficient (Wildman–Crippen LogP) is 5.31. The molecule has 0 spiro atoms. The number of hydrogen-bond acceptors (Lipinski definition) is 2. The van der Waals surface area contributed by atoms with Crippen molar-refractivity contribution >= 4 is 35.0 Å². The lowest BCUT2D eigenvalue weighted by Crippen LogP contribution is -2.14. The Morgan fingerprint density at radius 1 is 1.12 bits per heavy atom. The highest BCUT2D eigenvalue weighted by atomic mass is 35.5. The zero-order chi connectivity index (χ0) is 17.9. The summed E-state index contributed by atoms with van der Waals surface area (Å²) in [4.78, 5) is 8.05. The van der Waals surface area contributed by atoms with Crippen LogP contribution in [-0.4, -0.2) is 31.9 Å². The van der Waals surface area contributed by atoms with Crippen LogP contribution in [0.1, 0.15) is 12.5 Å². The molecule has 0 saturated carbocycles. The van der Waals surface area contributed by atoms with Gasteiger partial charge in [-0.05, 0) is 43.7 Å². The third-order valence-electron chi connectivity index (χ3n) is 3.72. The number of aliphatic imine (C=N–C) groups is 1. The summed E-state index contributed by atoms with van der Waals surface area (Å²) in [6, 6.07) is 7.50.